The first kappa shape index (κ1) is 20.8. The molecule has 0 heterocycles. The molecule has 0 saturated carbocycles. The van der Waals surface area contributed by atoms with Gasteiger partial charge < -0.3 is 14.2 Å². The number of amides is 2. The van der Waals surface area contributed by atoms with Crippen LogP contribution in [0.2, 0.25) is 0 Å². The number of carbonyl (C=O) groups excluding carboxylic acids is 3. The van der Waals surface area contributed by atoms with Gasteiger partial charge in [-0.2, -0.15) is 8.78 Å². The third-order valence-electron chi connectivity index (χ3n) is 3.33. The summed E-state index contributed by atoms with van der Waals surface area (Å²) in [6.45, 7) is -2.20. The lowest BCUT2D eigenvalue weighted by atomic mass is 10.2. The van der Waals surface area contributed by atoms with Gasteiger partial charge in [0, 0.05) is 5.56 Å². The largest absolute Gasteiger partial charge is 0.479 e. The van der Waals surface area contributed by atoms with Gasteiger partial charge in [0.2, 0.25) is 0 Å². The van der Waals surface area contributed by atoms with E-state index in [2.05, 4.69) is 4.74 Å². The van der Waals surface area contributed by atoms with Gasteiger partial charge in [-0.15, -0.1) is 0 Å². The molecule has 2 aromatic rings. The highest BCUT2D eigenvalue weighted by molar-refractivity contribution is 6.05. The second kappa shape index (κ2) is 10.0. The molecule has 2 aromatic carbocycles. The fourth-order valence-corrected chi connectivity index (χ4v) is 2.03. The molecule has 9 heteroatoms. The van der Waals surface area contributed by atoms with Crippen LogP contribution >= 0.6 is 0 Å². The first-order valence-electron chi connectivity index (χ1n) is 8.12. The van der Waals surface area contributed by atoms with Crippen molar-refractivity contribution in [2.24, 2.45) is 0 Å². The van der Waals surface area contributed by atoms with E-state index in [4.69, 9.17) is 9.47 Å². The number of esters is 1. The van der Waals surface area contributed by atoms with E-state index in [1.807, 2.05) is 5.32 Å². The number of alkyl halides is 2. The molecule has 0 radical (unpaired) electrons. The Labute approximate surface area is 159 Å². The topological polar surface area (TPSA) is 90.9 Å². The molecule has 1 unspecified atom stereocenters. The maximum atomic E-state index is 12.1. The number of hydrogen-bond acceptors (Lipinski definition) is 6. The summed E-state index contributed by atoms with van der Waals surface area (Å²) >= 11 is 0. The summed E-state index contributed by atoms with van der Waals surface area (Å²) in [5.41, 5.74) is 0.0436. The standard InChI is InChI=1S/C19H17F2NO6/c1-12(27-14-5-3-2-4-6-14)18(25)26-11-16(23)22-17(24)13-7-9-15(10-8-13)28-19(20)21/h2-10,12,19H,11H2,1H3,(H,22,23,24). The molecule has 0 saturated heterocycles. The van der Waals surface area contributed by atoms with E-state index >= 15 is 0 Å². The highest BCUT2D eigenvalue weighted by Crippen LogP contribution is 2.15. The van der Waals surface area contributed by atoms with Gasteiger partial charge in [-0.1, -0.05) is 18.2 Å². The van der Waals surface area contributed by atoms with Crippen molar-refractivity contribution in [1.29, 1.82) is 0 Å². The lowest BCUT2D eigenvalue weighted by Crippen LogP contribution is -2.36. The third kappa shape index (κ3) is 6.67. The molecule has 2 amide bonds. The Bertz CT molecular complexity index is 811. The van der Waals surface area contributed by atoms with E-state index in [9.17, 15) is 23.2 Å². The summed E-state index contributed by atoms with van der Waals surface area (Å²) in [5.74, 6) is -2.07. The number of imide groups is 1. The number of rotatable bonds is 8. The Morgan fingerprint density at radius 1 is 0.929 bits per heavy atom. The van der Waals surface area contributed by atoms with Crippen LogP contribution in [-0.2, 0) is 14.3 Å². The molecule has 1 N–H and O–H groups in total. The normalized spacial score (nSPS) is 11.4. The van der Waals surface area contributed by atoms with Crippen molar-refractivity contribution in [3.8, 4) is 11.5 Å². The number of carbonyl (C=O) groups is 3. The molecule has 0 aliphatic rings. The van der Waals surface area contributed by atoms with E-state index in [0.717, 1.165) is 12.1 Å². The smallest absolute Gasteiger partial charge is 0.387 e. The van der Waals surface area contributed by atoms with Gasteiger partial charge in [-0.3, -0.25) is 14.9 Å². The molecular weight excluding hydrogens is 376 g/mol. The van der Waals surface area contributed by atoms with Crippen LogP contribution in [0.15, 0.2) is 54.6 Å². The second-order valence-electron chi connectivity index (χ2n) is 5.46. The van der Waals surface area contributed by atoms with Crippen molar-refractivity contribution < 1.29 is 37.4 Å². The molecule has 0 aromatic heterocycles. The lowest BCUT2D eigenvalue weighted by molar-refractivity contribution is -0.154. The number of hydrogen-bond donors (Lipinski definition) is 1. The summed E-state index contributed by atoms with van der Waals surface area (Å²) in [6, 6.07) is 13.3. The predicted molar refractivity (Wildman–Crippen MR) is 93.0 cm³/mol. The van der Waals surface area contributed by atoms with Crippen LogP contribution in [0.25, 0.3) is 0 Å². The summed E-state index contributed by atoms with van der Waals surface area (Å²) in [4.78, 5) is 35.5. The molecule has 2 rings (SSSR count). The Morgan fingerprint density at radius 2 is 1.54 bits per heavy atom. The van der Waals surface area contributed by atoms with Gasteiger partial charge in [0.05, 0.1) is 0 Å². The second-order valence-corrected chi connectivity index (χ2v) is 5.46. The van der Waals surface area contributed by atoms with Gasteiger partial charge in [0.25, 0.3) is 11.8 Å². The molecule has 0 aliphatic heterocycles. The molecule has 148 valence electrons. The molecule has 0 spiro atoms. The lowest BCUT2D eigenvalue weighted by Gasteiger charge is -2.13. The fourth-order valence-electron chi connectivity index (χ4n) is 2.03. The van der Waals surface area contributed by atoms with Crippen molar-refractivity contribution in [2.75, 3.05) is 6.61 Å². The van der Waals surface area contributed by atoms with Crippen LogP contribution in [0.3, 0.4) is 0 Å². The minimum absolute atomic E-state index is 0.0436. The van der Waals surface area contributed by atoms with E-state index < -0.39 is 37.1 Å². The van der Waals surface area contributed by atoms with E-state index in [1.54, 1.807) is 30.3 Å². The number of halogens is 2. The fraction of sp³-hybridized carbons (Fsp3) is 0.211. The average molecular weight is 393 g/mol. The Kier molecular flexibility index (Phi) is 7.44. The summed E-state index contributed by atoms with van der Waals surface area (Å²) in [6.07, 6.45) is -0.951. The summed E-state index contributed by atoms with van der Waals surface area (Å²) < 4.78 is 38.5. The minimum Gasteiger partial charge on any atom is -0.479 e. The van der Waals surface area contributed by atoms with Crippen LogP contribution in [0.4, 0.5) is 8.78 Å². The molecule has 1 atom stereocenters. The van der Waals surface area contributed by atoms with E-state index in [-0.39, 0.29) is 11.3 Å². The Hall–Kier alpha value is -3.49. The maximum Gasteiger partial charge on any atom is 0.387 e. The monoisotopic (exact) mass is 393 g/mol. The number of ether oxygens (including phenoxy) is 3. The molecule has 28 heavy (non-hydrogen) atoms. The van der Waals surface area contributed by atoms with Crippen molar-refractivity contribution in [3.05, 3.63) is 60.2 Å². The zero-order chi connectivity index (χ0) is 20.5. The van der Waals surface area contributed by atoms with Gasteiger partial charge in [0.15, 0.2) is 12.7 Å². The summed E-state index contributed by atoms with van der Waals surface area (Å²) in [5, 5.41) is 2.02. The highest BCUT2D eigenvalue weighted by Gasteiger charge is 2.19. The molecule has 0 fully saturated rings. The predicted octanol–water partition coefficient (Wildman–Crippen LogP) is 2.56. The third-order valence-corrected chi connectivity index (χ3v) is 3.33. The van der Waals surface area contributed by atoms with Crippen molar-refractivity contribution in [2.45, 2.75) is 19.6 Å². The van der Waals surface area contributed by atoms with Gasteiger partial charge in [-0.25, -0.2) is 4.79 Å². The van der Waals surface area contributed by atoms with Crippen molar-refractivity contribution in [1.82, 2.24) is 5.32 Å². The van der Waals surface area contributed by atoms with Crippen LogP contribution in [0.5, 0.6) is 11.5 Å². The number of benzene rings is 2. The number of para-hydroxylation sites is 1. The summed E-state index contributed by atoms with van der Waals surface area (Å²) in [7, 11) is 0. The van der Waals surface area contributed by atoms with Crippen LogP contribution < -0.4 is 14.8 Å². The number of nitrogens with one attached hydrogen (secondary N) is 1. The Balaban J connectivity index is 1.78. The SMILES string of the molecule is CC(Oc1ccccc1)C(=O)OCC(=O)NC(=O)c1ccc(OC(F)F)cc1. The highest BCUT2D eigenvalue weighted by atomic mass is 19.3. The minimum atomic E-state index is -2.98. The first-order valence-corrected chi connectivity index (χ1v) is 8.12. The molecule has 0 bridgehead atoms. The maximum absolute atomic E-state index is 12.1. The first-order chi connectivity index (χ1) is 13.3. The van der Waals surface area contributed by atoms with Gasteiger partial charge >= 0.3 is 12.6 Å². The van der Waals surface area contributed by atoms with Crippen molar-refractivity contribution >= 4 is 17.8 Å². The van der Waals surface area contributed by atoms with Crippen LogP contribution in [-0.4, -0.2) is 37.1 Å². The van der Waals surface area contributed by atoms with Crippen molar-refractivity contribution in [3.63, 3.8) is 0 Å². The van der Waals surface area contributed by atoms with Gasteiger partial charge in [-0.05, 0) is 43.3 Å². The van der Waals surface area contributed by atoms with E-state index in [0.29, 0.717) is 5.75 Å². The Morgan fingerprint density at radius 3 is 2.14 bits per heavy atom. The zero-order valence-electron chi connectivity index (χ0n) is 14.8. The average Bonchev–Trinajstić information content (AvgIpc) is 2.67. The van der Waals surface area contributed by atoms with Crippen LogP contribution in [0, 0.1) is 0 Å². The quantitative estimate of drug-likeness (QED) is 0.693. The van der Waals surface area contributed by atoms with Crippen LogP contribution in [0.1, 0.15) is 17.3 Å². The molecule has 0 aliphatic carbocycles. The zero-order valence-corrected chi connectivity index (χ0v) is 14.8. The molecular formula is C19H17F2NO6. The molecule has 7 nitrogen and oxygen atoms in total. The van der Waals surface area contributed by atoms with Gasteiger partial charge in [0.1, 0.15) is 11.5 Å². The van der Waals surface area contributed by atoms with E-state index in [1.165, 1.54) is 19.1 Å².